The van der Waals surface area contributed by atoms with Gasteiger partial charge in [0.2, 0.25) is 5.69 Å². The molecule has 1 fully saturated rings. The lowest BCUT2D eigenvalue weighted by Gasteiger charge is -2.35. The molecule has 0 saturated carbocycles. The van der Waals surface area contributed by atoms with Gasteiger partial charge in [0.25, 0.3) is 5.91 Å². The van der Waals surface area contributed by atoms with Gasteiger partial charge < -0.3 is 14.5 Å². The van der Waals surface area contributed by atoms with E-state index < -0.39 is 11.5 Å². The summed E-state index contributed by atoms with van der Waals surface area (Å²) >= 11 is 6.06. The molecule has 1 aliphatic rings. The van der Waals surface area contributed by atoms with Gasteiger partial charge in [-0.05, 0) is 48.0 Å². The Labute approximate surface area is 183 Å². The SMILES string of the molecule is COc1ccc(C=Nn2[nH]nc(C(=O)N3CCN(c4cccc(Cl)c4)CC3)c2=O)cc1. The summed E-state index contributed by atoms with van der Waals surface area (Å²) in [6, 6.07) is 14.8. The van der Waals surface area contributed by atoms with Crippen LogP contribution in [-0.4, -0.2) is 65.4 Å². The van der Waals surface area contributed by atoms with E-state index in [9.17, 15) is 9.59 Å². The van der Waals surface area contributed by atoms with Gasteiger partial charge in [0.1, 0.15) is 5.75 Å². The second-order valence-corrected chi connectivity index (χ2v) is 7.39. The second-order valence-electron chi connectivity index (χ2n) is 6.95. The van der Waals surface area contributed by atoms with Crippen molar-refractivity contribution in [3.05, 3.63) is 75.2 Å². The Hall–Kier alpha value is -3.59. The lowest BCUT2D eigenvalue weighted by Crippen LogP contribution is -2.49. The Morgan fingerprint density at radius 1 is 1.16 bits per heavy atom. The van der Waals surface area contributed by atoms with Gasteiger partial charge in [-0.3, -0.25) is 9.59 Å². The first kappa shape index (κ1) is 20.7. The Morgan fingerprint density at radius 3 is 2.58 bits per heavy atom. The summed E-state index contributed by atoms with van der Waals surface area (Å²) < 4.78 is 5.11. The molecule has 2 aromatic carbocycles. The molecule has 0 bridgehead atoms. The monoisotopic (exact) mass is 440 g/mol. The molecular weight excluding hydrogens is 420 g/mol. The van der Waals surface area contributed by atoms with Gasteiger partial charge in [-0.25, -0.2) is 0 Å². The number of amides is 1. The Balaban J connectivity index is 1.41. The number of aromatic amines is 1. The van der Waals surface area contributed by atoms with Crippen molar-refractivity contribution in [2.45, 2.75) is 0 Å². The van der Waals surface area contributed by atoms with Crippen molar-refractivity contribution in [3.8, 4) is 5.75 Å². The lowest BCUT2D eigenvalue weighted by molar-refractivity contribution is 0.0739. The van der Waals surface area contributed by atoms with Crippen LogP contribution in [0.4, 0.5) is 5.69 Å². The fourth-order valence-electron chi connectivity index (χ4n) is 3.31. The predicted octanol–water partition coefficient (Wildman–Crippen LogP) is 2.08. The number of aromatic nitrogens is 3. The van der Waals surface area contributed by atoms with E-state index in [1.807, 2.05) is 24.3 Å². The van der Waals surface area contributed by atoms with Crippen LogP contribution in [-0.2, 0) is 0 Å². The minimum absolute atomic E-state index is 0.178. The normalized spacial score (nSPS) is 14.3. The number of carbonyl (C=O) groups excluding carboxylic acids is 1. The van der Waals surface area contributed by atoms with E-state index in [1.54, 1.807) is 36.3 Å². The third kappa shape index (κ3) is 4.61. The first-order valence-corrected chi connectivity index (χ1v) is 10.1. The van der Waals surface area contributed by atoms with Crippen LogP contribution in [0.5, 0.6) is 5.75 Å². The van der Waals surface area contributed by atoms with E-state index in [-0.39, 0.29) is 5.69 Å². The number of methoxy groups -OCH3 is 1. The topological polar surface area (TPSA) is 95.8 Å². The van der Waals surface area contributed by atoms with Crippen LogP contribution >= 0.6 is 11.6 Å². The fraction of sp³-hybridized carbons (Fsp3) is 0.238. The van der Waals surface area contributed by atoms with E-state index in [1.165, 1.54) is 6.21 Å². The average molecular weight is 441 g/mol. The van der Waals surface area contributed by atoms with Crippen molar-refractivity contribution >= 4 is 29.4 Å². The van der Waals surface area contributed by atoms with E-state index in [0.29, 0.717) is 31.2 Å². The van der Waals surface area contributed by atoms with Gasteiger partial charge in [0.05, 0.1) is 13.3 Å². The molecular formula is C21H21ClN6O3. The number of hydrogen-bond acceptors (Lipinski definition) is 6. The number of H-pyrrole nitrogens is 1. The zero-order valence-electron chi connectivity index (χ0n) is 16.9. The smallest absolute Gasteiger partial charge is 0.320 e. The molecule has 0 atom stereocenters. The quantitative estimate of drug-likeness (QED) is 0.613. The second kappa shape index (κ2) is 9.05. The van der Waals surface area contributed by atoms with Gasteiger partial charge >= 0.3 is 5.56 Å². The summed E-state index contributed by atoms with van der Waals surface area (Å²) in [7, 11) is 1.59. The Morgan fingerprint density at radius 2 is 1.90 bits per heavy atom. The molecule has 10 heteroatoms. The Bertz CT molecular complexity index is 1150. The van der Waals surface area contributed by atoms with Crippen LogP contribution in [0.25, 0.3) is 0 Å². The van der Waals surface area contributed by atoms with Crippen molar-refractivity contribution in [1.29, 1.82) is 0 Å². The maximum Gasteiger partial charge on any atom is 0.320 e. The molecule has 0 aliphatic carbocycles. The highest BCUT2D eigenvalue weighted by molar-refractivity contribution is 6.30. The summed E-state index contributed by atoms with van der Waals surface area (Å²) in [6.07, 6.45) is 1.50. The van der Waals surface area contributed by atoms with Gasteiger partial charge in [0, 0.05) is 36.9 Å². The van der Waals surface area contributed by atoms with Crippen LogP contribution in [0.1, 0.15) is 16.1 Å². The highest BCUT2D eigenvalue weighted by Crippen LogP contribution is 2.21. The van der Waals surface area contributed by atoms with Crippen molar-refractivity contribution in [1.82, 2.24) is 20.0 Å². The fourth-order valence-corrected chi connectivity index (χ4v) is 3.50. The molecule has 4 rings (SSSR count). The highest BCUT2D eigenvalue weighted by atomic mass is 35.5. The molecule has 160 valence electrons. The standard InChI is InChI=1S/C21H21ClN6O3/c1-31-18-7-5-15(6-8-18)14-23-28-21(30)19(24-25-28)20(29)27-11-9-26(10-12-27)17-4-2-3-16(22)13-17/h2-8,13-14,25H,9-12H2,1H3. The molecule has 0 spiro atoms. The van der Waals surface area contributed by atoms with Crippen LogP contribution in [0.15, 0.2) is 58.4 Å². The number of ether oxygens (including phenoxy) is 1. The third-order valence-corrected chi connectivity index (χ3v) is 5.27. The minimum atomic E-state index is -0.591. The summed E-state index contributed by atoms with van der Waals surface area (Å²) in [5.74, 6) is 0.310. The summed E-state index contributed by atoms with van der Waals surface area (Å²) in [4.78, 5) is 30.1. The molecule has 0 radical (unpaired) electrons. The number of benzene rings is 2. The molecule has 1 saturated heterocycles. The summed E-state index contributed by atoms with van der Waals surface area (Å²) in [5.41, 5.74) is 1.01. The van der Waals surface area contributed by atoms with Gasteiger partial charge in [-0.15, -0.1) is 9.89 Å². The minimum Gasteiger partial charge on any atom is -0.497 e. The number of carbonyl (C=O) groups is 1. The van der Waals surface area contributed by atoms with E-state index in [2.05, 4.69) is 20.3 Å². The number of anilines is 1. The average Bonchev–Trinajstić information content (AvgIpc) is 3.18. The third-order valence-electron chi connectivity index (χ3n) is 5.03. The highest BCUT2D eigenvalue weighted by Gasteiger charge is 2.26. The number of hydrogen-bond donors (Lipinski definition) is 1. The largest absolute Gasteiger partial charge is 0.497 e. The number of nitrogens with one attached hydrogen (secondary N) is 1. The van der Waals surface area contributed by atoms with Crippen LogP contribution in [0.2, 0.25) is 5.02 Å². The molecule has 1 aromatic heterocycles. The molecule has 1 N–H and O–H groups in total. The zero-order valence-corrected chi connectivity index (χ0v) is 17.6. The van der Waals surface area contributed by atoms with Gasteiger partial charge in [-0.1, -0.05) is 17.7 Å². The van der Waals surface area contributed by atoms with Crippen LogP contribution in [0.3, 0.4) is 0 Å². The molecule has 1 amide bonds. The predicted molar refractivity (Wildman–Crippen MR) is 118 cm³/mol. The summed E-state index contributed by atoms with van der Waals surface area (Å²) in [5, 5.41) is 11.1. The van der Waals surface area contributed by atoms with Crippen molar-refractivity contribution in [2.75, 3.05) is 38.2 Å². The van der Waals surface area contributed by atoms with Crippen LogP contribution in [0, 0.1) is 0 Å². The maximum atomic E-state index is 12.8. The van der Waals surface area contributed by atoms with E-state index >= 15 is 0 Å². The van der Waals surface area contributed by atoms with E-state index in [4.69, 9.17) is 16.3 Å². The van der Waals surface area contributed by atoms with Gasteiger partial charge in [0.15, 0.2) is 0 Å². The molecule has 31 heavy (non-hydrogen) atoms. The molecule has 1 aliphatic heterocycles. The molecule has 2 heterocycles. The van der Waals surface area contributed by atoms with Crippen molar-refractivity contribution < 1.29 is 9.53 Å². The first-order valence-electron chi connectivity index (χ1n) is 9.71. The number of nitrogens with zero attached hydrogens (tertiary/aromatic N) is 5. The number of halogens is 1. The van der Waals surface area contributed by atoms with Crippen molar-refractivity contribution in [2.24, 2.45) is 5.10 Å². The lowest BCUT2D eigenvalue weighted by atomic mass is 10.2. The molecule has 3 aromatic rings. The summed E-state index contributed by atoms with van der Waals surface area (Å²) in [6.45, 7) is 2.24. The Kier molecular flexibility index (Phi) is 6.03. The zero-order chi connectivity index (χ0) is 21.8. The van der Waals surface area contributed by atoms with Gasteiger partial charge in [-0.2, -0.15) is 10.3 Å². The maximum absolute atomic E-state index is 12.8. The van der Waals surface area contributed by atoms with Crippen LogP contribution < -0.4 is 15.2 Å². The first-order chi connectivity index (χ1) is 15.0. The van der Waals surface area contributed by atoms with E-state index in [0.717, 1.165) is 21.8 Å². The van der Waals surface area contributed by atoms with Crippen molar-refractivity contribution in [3.63, 3.8) is 0 Å². The number of piperazine rings is 1. The molecule has 9 nitrogen and oxygen atoms in total. The molecule has 0 unspecified atom stereocenters. The number of rotatable bonds is 5.